The molecule has 0 radical (unpaired) electrons. The summed E-state index contributed by atoms with van der Waals surface area (Å²) in [6.07, 6.45) is 5.77. The lowest BCUT2D eigenvalue weighted by Gasteiger charge is -2.24. The van der Waals surface area contributed by atoms with Gasteiger partial charge in [-0.25, -0.2) is 4.79 Å². The van der Waals surface area contributed by atoms with Gasteiger partial charge in [-0.15, -0.1) is 0 Å². The minimum atomic E-state index is -5.20. The van der Waals surface area contributed by atoms with Crippen LogP contribution in [0.1, 0.15) is 52.4 Å². The quantitative estimate of drug-likeness (QED) is 0.159. The van der Waals surface area contributed by atoms with Crippen LogP contribution in [-0.4, -0.2) is 41.0 Å². The molecule has 0 saturated heterocycles. The van der Waals surface area contributed by atoms with Gasteiger partial charge in [0, 0.05) is 6.42 Å². The Balaban J connectivity index is 0. The molecule has 0 unspecified atom stereocenters. The van der Waals surface area contributed by atoms with E-state index in [-0.39, 0.29) is 0 Å². The molecular formula is C10H24O10P2. The lowest BCUT2D eigenvalue weighted by atomic mass is 10.1. The van der Waals surface area contributed by atoms with Crippen LogP contribution in [0.3, 0.4) is 0 Å². The van der Waals surface area contributed by atoms with Crippen LogP contribution in [-0.2, 0) is 18.8 Å². The van der Waals surface area contributed by atoms with Crippen molar-refractivity contribution in [2.45, 2.75) is 57.5 Å². The SMILES string of the molecule is CC(O)(P(=O)(O)O)P(=O)(O)O.CCCCCCCC(=O)OO. The molecule has 22 heavy (non-hydrogen) atoms. The van der Waals surface area contributed by atoms with Crippen LogP contribution in [0.2, 0.25) is 0 Å². The van der Waals surface area contributed by atoms with E-state index in [1.54, 1.807) is 0 Å². The summed E-state index contributed by atoms with van der Waals surface area (Å²) in [5, 5.41) is 13.3. The van der Waals surface area contributed by atoms with Crippen molar-refractivity contribution in [1.29, 1.82) is 0 Å². The molecule has 0 bridgehead atoms. The number of aliphatic hydroxyl groups is 1. The van der Waals surface area contributed by atoms with Crippen LogP contribution in [0.5, 0.6) is 0 Å². The number of rotatable bonds is 8. The second-order valence-electron chi connectivity index (χ2n) is 4.69. The van der Waals surface area contributed by atoms with Crippen LogP contribution in [0, 0.1) is 0 Å². The van der Waals surface area contributed by atoms with Gasteiger partial charge in [0.1, 0.15) is 0 Å². The highest BCUT2D eigenvalue weighted by atomic mass is 31.2. The molecule has 0 aliphatic rings. The van der Waals surface area contributed by atoms with Gasteiger partial charge in [-0.1, -0.05) is 32.6 Å². The van der Waals surface area contributed by atoms with Gasteiger partial charge in [0.15, 0.2) is 0 Å². The van der Waals surface area contributed by atoms with Crippen LogP contribution in [0.15, 0.2) is 0 Å². The number of hydrogen-bond acceptors (Lipinski definition) is 6. The predicted octanol–water partition coefficient (Wildman–Crippen LogP) is 1.37. The molecule has 0 rings (SSSR count). The molecule has 10 nitrogen and oxygen atoms in total. The Hall–Kier alpha value is -0.310. The fraction of sp³-hybridized carbons (Fsp3) is 0.900. The summed E-state index contributed by atoms with van der Waals surface area (Å²) in [6, 6.07) is 0. The standard InChI is InChI=1S/C8H16O3.C2H8O7P2/c1-2-3-4-5-6-7-8(9)11-10;1-2(3,10(4,5)6)11(7,8)9/h10H,2-7H2,1H3;3H,1H3,(H2,4,5,6)(H2,7,8,9). The molecule has 12 heteroatoms. The summed E-state index contributed by atoms with van der Waals surface area (Å²) < 4.78 is 20.5. The van der Waals surface area contributed by atoms with Crippen molar-refractivity contribution in [2.75, 3.05) is 0 Å². The Morgan fingerprint density at radius 2 is 1.41 bits per heavy atom. The van der Waals surface area contributed by atoms with Gasteiger partial charge < -0.3 is 29.6 Å². The molecule has 0 aromatic heterocycles. The van der Waals surface area contributed by atoms with Crippen molar-refractivity contribution in [3.8, 4) is 0 Å². The third-order valence-electron chi connectivity index (χ3n) is 2.69. The first-order valence-corrected chi connectivity index (χ1v) is 9.71. The summed E-state index contributed by atoms with van der Waals surface area (Å²) >= 11 is 0. The van der Waals surface area contributed by atoms with Crippen molar-refractivity contribution < 1.29 is 48.7 Å². The van der Waals surface area contributed by atoms with E-state index in [0.29, 0.717) is 13.3 Å². The van der Waals surface area contributed by atoms with Gasteiger partial charge in [-0.05, 0) is 13.3 Å². The van der Waals surface area contributed by atoms with Crippen molar-refractivity contribution >= 4 is 21.2 Å². The molecular weight excluding hydrogens is 342 g/mol. The van der Waals surface area contributed by atoms with E-state index in [1.807, 2.05) is 0 Å². The van der Waals surface area contributed by atoms with E-state index in [9.17, 15) is 13.9 Å². The molecule has 0 saturated carbocycles. The van der Waals surface area contributed by atoms with Crippen LogP contribution >= 0.6 is 15.2 Å². The molecule has 134 valence electrons. The molecule has 0 aliphatic carbocycles. The highest BCUT2D eigenvalue weighted by Gasteiger charge is 2.55. The third-order valence-corrected chi connectivity index (χ3v) is 6.46. The summed E-state index contributed by atoms with van der Waals surface area (Å²) in [5.41, 5.74) is 0. The van der Waals surface area contributed by atoms with Crippen molar-refractivity contribution in [2.24, 2.45) is 0 Å². The molecule has 6 N–H and O–H groups in total. The fourth-order valence-electron chi connectivity index (χ4n) is 1.09. The third kappa shape index (κ3) is 9.66. The minimum Gasteiger partial charge on any atom is -0.368 e. The number of hydrogen-bond donors (Lipinski definition) is 6. The van der Waals surface area contributed by atoms with Gasteiger partial charge in [0.25, 0.3) is 5.08 Å². The summed E-state index contributed by atoms with van der Waals surface area (Å²) in [5.74, 6) is -0.526. The summed E-state index contributed by atoms with van der Waals surface area (Å²) in [7, 11) is -10.4. The van der Waals surface area contributed by atoms with Crippen LogP contribution in [0.25, 0.3) is 0 Å². The van der Waals surface area contributed by atoms with E-state index >= 15 is 0 Å². The predicted molar refractivity (Wildman–Crippen MR) is 76.8 cm³/mol. The number of carbonyl (C=O) groups excluding carboxylic acids is 1. The average molecular weight is 366 g/mol. The van der Waals surface area contributed by atoms with Crippen LogP contribution in [0.4, 0.5) is 0 Å². The Kier molecular flexibility index (Phi) is 11.4. The zero-order chi connectivity index (χ0) is 18.0. The van der Waals surface area contributed by atoms with E-state index in [1.165, 1.54) is 12.8 Å². The molecule has 0 aromatic rings. The number of carbonyl (C=O) groups is 1. The monoisotopic (exact) mass is 366 g/mol. The topological polar surface area (TPSA) is 182 Å². The van der Waals surface area contributed by atoms with Gasteiger partial charge >= 0.3 is 21.2 Å². The molecule has 0 aromatic carbocycles. The normalized spacial score (nSPS) is 12.4. The van der Waals surface area contributed by atoms with Gasteiger partial charge in [-0.2, -0.15) is 5.26 Å². The van der Waals surface area contributed by atoms with Gasteiger partial charge in [0.2, 0.25) is 0 Å². The summed E-state index contributed by atoms with van der Waals surface area (Å²) in [4.78, 5) is 46.9. The molecule has 0 amide bonds. The first-order chi connectivity index (χ1) is 9.81. The van der Waals surface area contributed by atoms with E-state index in [0.717, 1.165) is 19.3 Å². The lowest BCUT2D eigenvalue weighted by molar-refractivity contribution is -0.234. The zero-order valence-corrected chi connectivity index (χ0v) is 14.2. The Labute approximate surface area is 128 Å². The first kappa shape index (κ1) is 23.9. The lowest BCUT2D eigenvalue weighted by Crippen LogP contribution is -2.23. The van der Waals surface area contributed by atoms with Gasteiger partial charge in [0.05, 0.1) is 0 Å². The zero-order valence-electron chi connectivity index (χ0n) is 12.5. The highest BCUT2D eigenvalue weighted by Crippen LogP contribution is 2.66. The smallest absolute Gasteiger partial charge is 0.368 e. The maximum Gasteiger partial charge on any atom is 0.369 e. The number of unbranched alkanes of at least 4 members (excludes halogenated alkanes) is 4. The average Bonchev–Trinajstić information content (AvgIpc) is 2.36. The van der Waals surface area contributed by atoms with E-state index in [2.05, 4.69) is 11.8 Å². The maximum atomic E-state index is 10.4. The van der Waals surface area contributed by atoms with Crippen LogP contribution < -0.4 is 0 Å². The molecule has 0 atom stereocenters. The highest BCUT2D eigenvalue weighted by molar-refractivity contribution is 7.71. The molecule has 0 spiro atoms. The Bertz CT molecular complexity index is 386. The Morgan fingerprint density at radius 3 is 1.68 bits per heavy atom. The minimum absolute atomic E-state index is 0.334. The molecule has 0 heterocycles. The van der Waals surface area contributed by atoms with Crippen molar-refractivity contribution in [1.82, 2.24) is 0 Å². The van der Waals surface area contributed by atoms with Crippen molar-refractivity contribution in [3.05, 3.63) is 0 Å². The van der Waals surface area contributed by atoms with Crippen molar-refractivity contribution in [3.63, 3.8) is 0 Å². The summed E-state index contributed by atoms with van der Waals surface area (Å²) in [6.45, 7) is 2.52. The largest absolute Gasteiger partial charge is 0.369 e. The molecule has 0 aliphatic heterocycles. The first-order valence-electron chi connectivity index (χ1n) is 6.49. The second kappa shape index (κ2) is 10.5. The van der Waals surface area contributed by atoms with E-state index < -0.39 is 26.2 Å². The fourth-order valence-corrected chi connectivity index (χ4v) is 2.45. The Morgan fingerprint density at radius 1 is 1.00 bits per heavy atom. The maximum absolute atomic E-state index is 10.4. The van der Waals surface area contributed by atoms with Gasteiger partial charge in [-0.3, -0.25) is 9.13 Å². The second-order valence-corrected chi connectivity index (χ2v) is 8.96. The van der Waals surface area contributed by atoms with E-state index in [4.69, 9.17) is 29.9 Å². The molecule has 0 fully saturated rings.